The van der Waals surface area contributed by atoms with Crippen molar-refractivity contribution in [2.45, 2.75) is 19.4 Å². The summed E-state index contributed by atoms with van der Waals surface area (Å²) in [6.45, 7) is 1.85. The lowest BCUT2D eigenvalue weighted by atomic mass is 10.2. The molecule has 3 N–H and O–H groups in total. The minimum atomic E-state index is -0.367. The van der Waals surface area contributed by atoms with Crippen LogP contribution < -0.4 is 11.1 Å². The van der Waals surface area contributed by atoms with Gasteiger partial charge in [0.05, 0.1) is 0 Å². The highest BCUT2D eigenvalue weighted by Crippen LogP contribution is 2.20. The number of nitrogens with zero attached hydrogens (tertiary/aromatic N) is 2. The lowest BCUT2D eigenvalue weighted by Gasteiger charge is -2.13. The van der Waals surface area contributed by atoms with Gasteiger partial charge in [-0.3, -0.25) is 4.79 Å². The number of primary amides is 1. The molecule has 0 aliphatic heterocycles. The summed E-state index contributed by atoms with van der Waals surface area (Å²) in [4.78, 5) is 19.5. The zero-order valence-electron chi connectivity index (χ0n) is 11.0. The van der Waals surface area contributed by atoms with Gasteiger partial charge in [0.1, 0.15) is 11.0 Å². The maximum absolute atomic E-state index is 10.9. The van der Waals surface area contributed by atoms with Crippen LogP contribution in [-0.2, 0) is 4.79 Å². The Morgan fingerprint density at radius 2 is 2.05 bits per heavy atom. The number of nitrogens with one attached hydrogen (secondary N) is 1. The summed E-state index contributed by atoms with van der Waals surface area (Å²) in [6.07, 6.45) is 0.224. The SMILES string of the molecule is CC(CC(N)=O)Nc1cc(Cl)nc(-c2ccccc2)n1. The van der Waals surface area contributed by atoms with Gasteiger partial charge in [-0.15, -0.1) is 0 Å². The zero-order chi connectivity index (χ0) is 14.5. The zero-order valence-corrected chi connectivity index (χ0v) is 11.8. The first-order valence-corrected chi connectivity index (χ1v) is 6.57. The van der Waals surface area contributed by atoms with E-state index in [2.05, 4.69) is 15.3 Å². The molecular formula is C14H15ClN4O. The Hall–Kier alpha value is -2.14. The van der Waals surface area contributed by atoms with Crippen molar-refractivity contribution in [3.05, 3.63) is 41.6 Å². The van der Waals surface area contributed by atoms with Gasteiger partial charge in [-0.1, -0.05) is 41.9 Å². The molecule has 1 heterocycles. The maximum atomic E-state index is 10.9. The Morgan fingerprint density at radius 1 is 1.35 bits per heavy atom. The molecule has 0 aliphatic carbocycles. The molecule has 1 atom stereocenters. The lowest BCUT2D eigenvalue weighted by Crippen LogP contribution is -2.24. The fraction of sp³-hybridized carbons (Fsp3) is 0.214. The van der Waals surface area contributed by atoms with Crippen molar-refractivity contribution >= 4 is 23.3 Å². The number of anilines is 1. The number of amides is 1. The van der Waals surface area contributed by atoms with Crippen LogP contribution in [0, 0.1) is 0 Å². The molecule has 1 unspecified atom stereocenters. The van der Waals surface area contributed by atoms with Gasteiger partial charge in [0.25, 0.3) is 0 Å². The molecule has 0 fully saturated rings. The van der Waals surface area contributed by atoms with E-state index < -0.39 is 0 Å². The quantitative estimate of drug-likeness (QED) is 0.829. The predicted octanol–water partition coefficient (Wildman–Crippen LogP) is 2.47. The van der Waals surface area contributed by atoms with E-state index >= 15 is 0 Å². The van der Waals surface area contributed by atoms with Crippen LogP contribution in [0.25, 0.3) is 11.4 Å². The number of carbonyl (C=O) groups is 1. The van der Waals surface area contributed by atoms with Gasteiger partial charge in [0, 0.05) is 24.1 Å². The summed E-state index contributed by atoms with van der Waals surface area (Å²) < 4.78 is 0. The van der Waals surface area contributed by atoms with Crippen molar-refractivity contribution in [3.63, 3.8) is 0 Å². The molecule has 0 bridgehead atoms. The molecule has 20 heavy (non-hydrogen) atoms. The van der Waals surface area contributed by atoms with Crippen LogP contribution in [0.4, 0.5) is 5.82 Å². The molecule has 1 aromatic carbocycles. The van der Waals surface area contributed by atoms with Crippen molar-refractivity contribution in [1.29, 1.82) is 0 Å². The largest absolute Gasteiger partial charge is 0.370 e. The first kappa shape index (κ1) is 14.3. The Balaban J connectivity index is 2.23. The monoisotopic (exact) mass is 290 g/mol. The fourth-order valence-electron chi connectivity index (χ4n) is 1.81. The van der Waals surface area contributed by atoms with Crippen LogP contribution in [0.1, 0.15) is 13.3 Å². The van der Waals surface area contributed by atoms with E-state index in [4.69, 9.17) is 17.3 Å². The van der Waals surface area contributed by atoms with Crippen LogP contribution in [0.3, 0.4) is 0 Å². The summed E-state index contributed by atoms with van der Waals surface area (Å²) in [5, 5.41) is 3.43. The van der Waals surface area contributed by atoms with E-state index in [1.54, 1.807) is 6.07 Å². The number of hydrogen-bond donors (Lipinski definition) is 2. The van der Waals surface area contributed by atoms with Gasteiger partial charge in [-0.05, 0) is 6.92 Å². The van der Waals surface area contributed by atoms with Gasteiger partial charge in [-0.25, -0.2) is 9.97 Å². The number of benzene rings is 1. The summed E-state index contributed by atoms with van der Waals surface area (Å²) in [5.74, 6) is 0.734. The van der Waals surface area contributed by atoms with Crippen molar-refractivity contribution < 1.29 is 4.79 Å². The highest BCUT2D eigenvalue weighted by atomic mass is 35.5. The number of halogens is 1. The van der Waals surface area contributed by atoms with Crippen LogP contribution in [0.5, 0.6) is 0 Å². The Labute approximate surface area is 122 Å². The summed E-state index contributed by atoms with van der Waals surface area (Å²) in [7, 11) is 0. The van der Waals surface area contributed by atoms with E-state index in [1.165, 1.54) is 0 Å². The minimum Gasteiger partial charge on any atom is -0.370 e. The first-order chi connectivity index (χ1) is 9.54. The van der Waals surface area contributed by atoms with Gasteiger partial charge < -0.3 is 11.1 Å². The van der Waals surface area contributed by atoms with Gasteiger partial charge in [0.2, 0.25) is 5.91 Å². The third-order valence-electron chi connectivity index (χ3n) is 2.63. The smallest absolute Gasteiger partial charge is 0.219 e. The van der Waals surface area contributed by atoms with Gasteiger partial charge in [-0.2, -0.15) is 0 Å². The standard InChI is InChI=1S/C14H15ClN4O/c1-9(7-12(16)20)17-13-8-11(15)18-14(19-13)10-5-3-2-4-6-10/h2-6,8-9H,7H2,1H3,(H2,16,20)(H,17,18,19). The third-order valence-corrected chi connectivity index (χ3v) is 2.82. The summed E-state index contributed by atoms with van der Waals surface area (Å²) in [5.41, 5.74) is 6.04. The number of nitrogens with two attached hydrogens (primary N) is 1. The second-order valence-electron chi connectivity index (χ2n) is 4.48. The third kappa shape index (κ3) is 3.93. The maximum Gasteiger partial charge on any atom is 0.219 e. The second-order valence-corrected chi connectivity index (χ2v) is 4.87. The summed E-state index contributed by atoms with van der Waals surface area (Å²) in [6, 6.07) is 11.0. The lowest BCUT2D eigenvalue weighted by molar-refractivity contribution is -0.118. The number of carbonyl (C=O) groups excluding carboxylic acids is 1. The molecule has 5 nitrogen and oxygen atoms in total. The van der Waals surface area contributed by atoms with E-state index in [1.807, 2.05) is 37.3 Å². The van der Waals surface area contributed by atoms with Crippen molar-refractivity contribution in [1.82, 2.24) is 9.97 Å². The molecule has 1 aromatic heterocycles. The Morgan fingerprint density at radius 3 is 2.70 bits per heavy atom. The molecule has 0 aliphatic rings. The molecule has 6 heteroatoms. The van der Waals surface area contributed by atoms with E-state index in [0.29, 0.717) is 16.8 Å². The molecule has 0 saturated heterocycles. The normalized spacial score (nSPS) is 11.9. The van der Waals surface area contributed by atoms with E-state index in [0.717, 1.165) is 5.56 Å². The van der Waals surface area contributed by atoms with E-state index in [9.17, 15) is 4.79 Å². The molecule has 104 valence electrons. The van der Waals surface area contributed by atoms with E-state index in [-0.39, 0.29) is 18.4 Å². The highest BCUT2D eigenvalue weighted by Gasteiger charge is 2.10. The Kier molecular flexibility index (Phi) is 4.53. The van der Waals surface area contributed by atoms with Crippen LogP contribution in [0.15, 0.2) is 36.4 Å². The van der Waals surface area contributed by atoms with Crippen LogP contribution in [-0.4, -0.2) is 21.9 Å². The minimum absolute atomic E-state index is 0.123. The molecular weight excluding hydrogens is 276 g/mol. The molecule has 2 rings (SSSR count). The van der Waals surface area contributed by atoms with Crippen molar-refractivity contribution in [2.75, 3.05) is 5.32 Å². The first-order valence-electron chi connectivity index (χ1n) is 6.19. The fourth-order valence-corrected chi connectivity index (χ4v) is 2.00. The molecule has 0 saturated carbocycles. The average molecular weight is 291 g/mol. The molecule has 0 spiro atoms. The highest BCUT2D eigenvalue weighted by molar-refractivity contribution is 6.29. The second kappa shape index (κ2) is 6.34. The van der Waals surface area contributed by atoms with Crippen LogP contribution in [0.2, 0.25) is 5.15 Å². The van der Waals surface area contributed by atoms with Crippen LogP contribution >= 0.6 is 11.6 Å². The number of hydrogen-bond acceptors (Lipinski definition) is 4. The van der Waals surface area contributed by atoms with Crippen molar-refractivity contribution in [3.8, 4) is 11.4 Å². The summed E-state index contributed by atoms with van der Waals surface area (Å²) >= 11 is 6.01. The number of aromatic nitrogens is 2. The molecule has 0 radical (unpaired) electrons. The molecule has 1 amide bonds. The average Bonchev–Trinajstić information content (AvgIpc) is 2.38. The molecule has 2 aromatic rings. The predicted molar refractivity (Wildman–Crippen MR) is 79.4 cm³/mol. The Bertz CT molecular complexity index is 603. The van der Waals surface area contributed by atoms with Crippen molar-refractivity contribution in [2.24, 2.45) is 5.73 Å². The van der Waals surface area contributed by atoms with Gasteiger partial charge in [0.15, 0.2) is 5.82 Å². The number of rotatable bonds is 5. The topological polar surface area (TPSA) is 80.9 Å². The van der Waals surface area contributed by atoms with Gasteiger partial charge >= 0.3 is 0 Å².